The average Bonchev–Trinajstić information content (AvgIpc) is 2.67. The molecule has 0 fully saturated rings. The average molecular weight is 393 g/mol. The van der Waals surface area contributed by atoms with Gasteiger partial charge in [-0.1, -0.05) is 11.6 Å². The molecule has 6 nitrogen and oxygen atoms in total. The summed E-state index contributed by atoms with van der Waals surface area (Å²) in [5.74, 6) is -1.21. The first-order valence-electron chi connectivity index (χ1n) is 9.32. The first kappa shape index (κ1) is 20.5. The number of aromatic nitrogens is 1. The number of carbonyl (C=O) groups is 2. The highest BCUT2D eigenvalue weighted by Crippen LogP contribution is 2.28. The molecule has 0 aliphatic rings. The second kappa shape index (κ2) is 8.01. The smallest absolute Gasteiger partial charge is 0.343 e. The van der Waals surface area contributed by atoms with E-state index >= 15 is 0 Å². The van der Waals surface area contributed by atoms with Gasteiger partial charge in [0, 0.05) is 17.6 Å². The minimum atomic E-state index is -1.05. The normalized spacial score (nSPS) is 11.4. The van der Waals surface area contributed by atoms with Crippen LogP contribution in [0, 0.1) is 6.92 Å². The van der Waals surface area contributed by atoms with Crippen molar-refractivity contribution in [2.24, 2.45) is 0 Å². The van der Waals surface area contributed by atoms with Gasteiger partial charge in [0.25, 0.3) is 0 Å². The van der Waals surface area contributed by atoms with Gasteiger partial charge < -0.3 is 14.6 Å². The van der Waals surface area contributed by atoms with Crippen LogP contribution in [0.3, 0.4) is 0 Å². The molecule has 3 rings (SSSR count). The van der Waals surface area contributed by atoms with Crippen LogP contribution in [0.5, 0.6) is 5.75 Å². The number of carboxylic acid groups (broad SMARTS) is 1. The predicted molar refractivity (Wildman–Crippen MR) is 110 cm³/mol. The van der Waals surface area contributed by atoms with E-state index in [9.17, 15) is 14.7 Å². The molecule has 2 aromatic carbocycles. The number of aromatic carboxylic acids is 1. The lowest BCUT2D eigenvalue weighted by atomic mass is 10.0. The SMILES string of the molecule is CCOC(C)(C)C(=O)Oc1ccc(-c2nc3ccc(C)cc3cc2C(=O)O)cc1. The molecular formula is C23H23NO5. The minimum absolute atomic E-state index is 0.116. The Bertz CT molecular complexity index is 1070. The van der Waals surface area contributed by atoms with Crippen LogP contribution in [0.25, 0.3) is 22.2 Å². The molecule has 1 heterocycles. The summed E-state index contributed by atoms with van der Waals surface area (Å²) in [4.78, 5) is 28.6. The van der Waals surface area contributed by atoms with Gasteiger partial charge in [0.1, 0.15) is 5.75 Å². The minimum Gasteiger partial charge on any atom is -0.478 e. The van der Waals surface area contributed by atoms with Crippen LogP contribution >= 0.6 is 0 Å². The molecule has 0 saturated carbocycles. The molecule has 3 aromatic rings. The topological polar surface area (TPSA) is 85.7 Å². The maximum atomic E-state index is 12.3. The number of aryl methyl sites for hydroxylation is 1. The summed E-state index contributed by atoms with van der Waals surface area (Å²) in [5.41, 5.74) is 1.79. The molecular weight excluding hydrogens is 370 g/mol. The molecule has 0 radical (unpaired) electrons. The highest BCUT2D eigenvalue weighted by atomic mass is 16.6. The van der Waals surface area contributed by atoms with Crippen molar-refractivity contribution < 1.29 is 24.2 Å². The lowest BCUT2D eigenvalue weighted by Gasteiger charge is -2.22. The number of benzene rings is 2. The van der Waals surface area contributed by atoms with Crippen LogP contribution in [-0.4, -0.2) is 34.2 Å². The Hall–Kier alpha value is -3.25. The molecule has 0 amide bonds. The number of pyridine rings is 1. The molecule has 6 heteroatoms. The van der Waals surface area contributed by atoms with Gasteiger partial charge in [0.15, 0.2) is 5.60 Å². The zero-order valence-corrected chi connectivity index (χ0v) is 16.9. The lowest BCUT2D eigenvalue weighted by Crippen LogP contribution is -2.38. The summed E-state index contributed by atoms with van der Waals surface area (Å²) in [6.45, 7) is 7.44. The summed E-state index contributed by atoms with van der Waals surface area (Å²) in [5, 5.41) is 10.4. The maximum Gasteiger partial charge on any atom is 0.343 e. The summed E-state index contributed by atoms with van der Waals surface area (Å²) in [7, 11) is 0. The van der Waals surface area contributed by atoms with Crippen molar-refractivity contribution in [2.75, 3.05) is 6.61 Å². The second-order valence-electron chi connectivity index (χ2n) is 7.24. The zero-order valence-electron chi connectivity index (χ0n) is 16.9. The Balaban J connectivity index is 1.94. The van der Waals surface area contributed by atoms with Crippen LogP contribution in [-0.2, 0) is 9.53 Å². The molecule has 1 N–H and O–H groups in total. The van der Waals surface area contributed by atoms with Gasteiger partial charge >= 0.3 is 11.9 Å². The molecule has 0 atom stereocenters. The fourth-order valence-electron chi connectivity index (χ4n) is 3.01. The maximum absolute atomic E-state index is 12.3. The van der Waals surface area contributed by atoms with Crippen molar-refractivity contribution >= 4 is 22.8 Å². The highest BCUT2D eigenvalue weighted by molar-refractivity contribution is 5.99. The number of fused-ring (bicyclic) bond motifs is 1. The summed E-state index contributed by atoms with van der Waals surface area (Å²) >= 11 is 0. The molecule has 0 aliphatic carbocycles. The van der Waals surface area contributed by atoms with Gasteiger partial charge in [-0.05, 0) is 70.2 Å². The number of esters is 1. The monoisotopic (exact) mass is 393 g/mol. The highest BCUT2D eigenvalue weighted by Gasteiger charge is 2.30. The number of hydrogen-bond acceptors (Lipinski definition) is 5. The lowest BCUT2D eigenvalue weighted by molar-refractivity contribution is -0.157. The number of hydrogen-bond donors (Lipinski definition) is 1. The van der Waals surface area contributed by atoms with Gasteiger partial charge in [-0.3, -0.25) is 0 Å². The van der Waals surface area contributed by atoms with E-state index in [2.05, 4.69) is 4.98 Å². The quantitative estimate of drug-likeness (QED) is 0.485. The van der Waals surface area contributed by atoms with Crippen LogP contribution in [0.2, 0.25) is 0 Å². The van der Waals surface area contributed by atoms with Gasteiger partial charge in [-0.15, -0.1) is 0 Å². The Kier molecular flexibility index (Phi) is 5.66. The van der Waals surface area contributed by atoms with Crippen molar-refractivity contribution in [3.63, 3.8) is 0 Å². The van der Waals surface area contributed by atoms with Crippen LogP contribution < -0.4 is 4.74 Å². The zero-order chi connectivity index (χ0) is 21.2. The van der Waals surface area contributed by atoms with Gasteiger partial charge in [-0.2, -0.15) is 0 Å². The summed E-state index contributed by atoms with van der Waals surface area (Å²) in [6.07, 6.45) is 0. The Morgan fingerprint density at radius 3 is 2.38 bits per heavy atom. The van der Waals surface area contributed by atoms with Crippen LogP contribution in [0.4, 0.5) is 0 Å². The van der Waals surface area contributed by atoms with E-state index < -0.39 is 17.5 Å². The summed E-state index contributed by atoms with van der Waals surface area (Å²) < 4.78 is 10.8. The van der Waals surface area contributed by atoms with E-state index in [1.807, 2.05) is 32.0 Å². The van der Waals surface area contributed by atoms with Gasteiger partial charge in [-0.25, -0.2) is 14.6 Å². The third-order valence-electron chi connectivity index (χ3n) is 4.54. The van der Waals surface area contributed by atoms with E-state index in [1.54, 1.807) is 44.2 Å². The molecule has 0 spiro atoms. The van der Waals surface area contributed by atoms with Crippen molar-refractivity contribution in [3.05, 3.63) is 59.7 Å². The number of ether oxygens (including phenoxy) is 2. The van der Waals surface area contributed by atoms with Crippen LogP contribution in [0.15, 0.2) is 48.5 Å². The number of rotatable bonds is 6. The van der Waals surface area contributed by atoms with Crippen LogP contribution in [0.1, 0.15) is 36.7 Å². The van der Waals surface area contributed by atoms with Gasteiger partial charge in [0.05, 0.1) is 16.8 Å². The molecule has 1 aromatic heterocycles. The van der Waals surface area contributed by atoms with Crippen molar-refractivity contribution in [3.8, 4) is 17.0 Å². The molecule has 0 bridgehead atoms. The Morgan fingerprint density at radius 1 is 1.07 bits per heavy atom. The first-order valence-corrected chi connectivity index (χ1v) is 9.32. The van der Waals surface area contributed by atoms with E-state index in [4.69, 9.17) is 9.47 Å². The molecule has 150 valence electrons. The fraction of sp³-hybridized carbons (Fsp3) is 0.261. The van der Waals surface area contributed by atoms with Crippen molar-refractivity contribution in [1.82, 2.24) is 4.98 Å². The predicted octanol–water partition coefficient (Wildman–Crippen LogP) is 4.63. The van der Waals surface area contributed by atoms with E-state index in [-0.39, 0.29) is 5.56 Å². The molecule has 0 saturated heterocycles. The fourth-order valence-corrected chi connectivity index (χ4v) is 3.01. The first-order chi connectivity index (χ1) is 13.7. The second-order valence-corrected chi connectivity index (χ2v) is 7.24. The summed E-state index contributed by atoms with van der Waals surface area (Å²) in [6, 6.07) is 13.9. The third-order valence-corrected chi connectivity index (χ3v) is 4.54. The van der Waals surface area contributed by atoms with Crippen molar-refractivity contribution in [1.29, 1.82) is 0 Å². The van der Waals surface area contributed by atoms with Gasteiger partial charge in [0.2, 0.25) is 0 Å². The van der Waals surface area contributed by atoms with E-state index in [0.29, 0.717) is 29.1 Å². The number of carbonyl (C=O) groups excluding carboxylic acids is 1. The largest absolute Gasteiger partial charge is 0.478 e. The third kappa shape index (κ3) is 4.43. The number of nitrogens with zero attached hydrogens (tertiary/aromatic N) is 1. The van der Waals surface area contributed by atoms with E-state index in [0.717, 1.165) is 10.9 Å². The van der Waals surface area contributed by atoms with Crippen molar-refractivity contribution in [2.45, 2.75) is 33.3 Å². The molecule has 29 heavy (non-hydrogen) atoms. The molecule has 0 aliphatic heterocycles. The Morgan fingerprint density at radius 2 is 1.76 bits per heavy atom. The van der Waals surface area contributed by atoms with E-state index in [1.165, 1.54) is 0 Å². The Labute approximate surface area is 169 Å². The standard InChI is InChI=1S/C23H23NO5/c1-5-28-23(3,4)22(27)29-17-9-7-15(8-10-17)20-18(21(25)26)13-16-12-14(2)6-11-19(16)24-20/h6-13H,5H2,1-4H3,(H,25,26). The number of carboxylic acids is 1. The molecule has 0 unspecified atom stereocenters.